The molecular weight excluding hydrogens is 495 g/mol. The molecule has 1 saturated heterocycles. The maximum atomic E-state index is 16.5. The van der Waals surface area contributed by atoms with Crippen LogP contribution in [-0.4, -0.2) is 50.4 Å². The topological polar surface area (TPSA) is 99.2 Å². The number of fused-ring (bicyclic) bond motifs is 2. The van der Waals surface area contributed by atoms with Crippen molar-refractivity contribution < 1.29 is 14.2 Å². The average molecular weight is 519 g/mol. The summed E-state index contributed by atoms with van der Waals surface area (Å²) in [7, 11) is 0. The second-order valence-corrected chi connectivity index (χ2v) is 9.74. The Hall–Kier alpha value is -3.95. The van der Waals surface area contributed by atoms with Crippen LogP contribution in [0.1, 0.15) is 13.8 Å². The van der Waals surface area contributed by atoms with Crippen LogP contribution in [0, 0.1) is 5.82 Å². The summed E-state index contributed by atoms with van der Waals surface area (Å²) in [4.78, 5) is 11.3. The van der Waals surface area contributed by atoms with Gasteiger partial charge in [-0.15, -0.1) is 0 Å². The highest BCUT2D eigenvalue weighted by Gasteiger charge is 2.29. The molecule has 0 spiro atoms. The molecule has 3 aromatic carbocycles. The Balaban J connectivity index is 1.62. The predicted octanol–water partition coefficient (Wildman–Crippen LogP) is 5.65. The number of phenols is 1. The molecule has 3 heterocycles. The number of hydrogen-bond donors (Lipinski definition) is 3. The maximum Gasteiger partial charge on any atom is 0.324 e. The van der Waals surface area contributed by atoms with Crippen molar-refractivity contribution in [1.82, 2.24) is 25.5 Å². The molecular formula is C27H24ClFN6O2. The van der Waals surface area contributed by atoms with Crippen molar-refractivity contribution in [3.05, 3.63) is 65.7 Å². The Morgan fingerprint density at radius 1 is 1.14 bits per heavy atom. The van der Waals surface area contributed by atoms with Gasteiger partial charge in [-0.25, -0.2) is 4.39 Å². The lowest BCUT2D eigenvalue weighted by Gasteiger charge is -2.38. The van der Waals surface area contributed by atoms with E-state index in [0.29, 0.717) is 29.1 Å². The third-order valence-corrected chi connectivity index (χ3v) is 6.97. The molecule has 0 aliphatic carbocycles. The van der Waals surface area contributed by atoms with Gasteiger partial charge in [0.15, 0.2) is 11.6 Å². The van der Waals surface area contributed by atoms with Crippen molar-refractivity contribution in [2.45, 2.75) is 25.9 Å². The lowest BCUT2D eigenvalue weighted by molar-refractivity contribution is 0.416. The van der Waals surface area contributed by atoms with Crippen LogP contribution in [0.25, 0.3) is 32.8 Å². The number of aromatic nitrogens is 4. The Labute approximate surface area is 217 Å². The van der Waals surface area contributed by atoms with E-state index >= 15 is 4.39 Å². The first-order chi connectivity index (χ1) is 17.9. The molecule has 1 aliphatic rings. The van der Waals surface area contributed by atoms with E-state index < -0.39 is 5.82 Å². The molecule has 0 saturated carbocycles. The molecule has 6 rings (SSSR count). The lowest BCUT2D eigenvalue weighted by atomic mass is 9.96. The number of benzene rings is 3. The van der Waals surface area contributed by atoms with E-state index in [4.69, 9.17) is 21.3 Å². The van der Waals surface area contributed by atoms with E-state index in [2.05, 4.69) is 39.2 Å². The maximum absolute atomic E-state index is 16.5. The van der Waals surface area contributed by atoms with Crippen molar-refractivity contribution in [3.63, 3.8) is 0 Å². The quantitative estimate of drug-likeness (QED) is 0.283. The molecule has 5 aromatic rings. The summed E-state index contributed by atoms with van der Waals surface area (Å²) in [5.41, 5.74) is 0.706. The van der Waals surface area contributed by atoms with Gasteiger partial charge < -0.3 is 20.1 Å². The number of piperazine rings is 1. The van der Waals surface area contributed by atoms with Crippen molar-refractivity contribution >= 4 is 39.1 Å². The highest BCUT2D eigenvalue weighted by Crippen LogP contribution is 2.43. The van der Waals surface area contributed by atoms with Crippen LogP contribution in [0.4, 0.5) is 10.2 Å². The Morgan fingerprint density at radius 2 is 1.97 bits per heavy atom. The van der Waals surface area contributed by atoms with Crippen molar-refractivity contribution in [1.29, 1.82) is 0 Å². The second kappa shape index (κ2) is 9.17. The largest absolute Gasteiger partial charge is 0.508 e. The minimum absolute atomic E-state index is 0.00442. The summed E-state index contributed by atoms with van der Waals surface area (Å²) < 4.78 is 22.3. The van der Waals surface area contributed by atoms with E-state index in [0.717, 1.165) is 17.3 Å². The van der Waals surface area contributed by atoms with Crippen LogP contribution >= 0.6 is 11.6 Å². The lowest BCUT2D eigenvalue weighted by Crippen LogP contribution is -2.54. The van der Waals surface area contributed by atoms with E-state index in [1.54, 1.807) is 18.3 Å². The number of ether oxygens (including phenoxy) is 1. The summed E-state index contributed by atoms with van der Waals surface area (Å²) in [6, 6.07) is 12.6. The van der Waals surface area contributed by atoms with Gasteiger partial charge >= 0.3 is 6.01 Å². The zero-order chi connectivity index (χ0) is 25.7. The van der Waals surface area contributed by atoms with Crippen LogP contribution in [0.5, 0.6) is 17.5 Å². The fourth-order valence-corrected chi connectivity index (χ4v) is 5.18. The molecule has 1 aliphatic heterocycles. The summed E-state index contributed by atoms with van der Waals surface area (Å²) in [5, 5.41) is 22.6. The van der Waals surface area contributed by atoms with Crippen molar-refractivity contribution in [2.75, 3.05) is 18.0 Å². The molecule has 2 atom stereocenters. The average Bonchev–Trinajstić information content (AvgIpc) is 3.38. The van der Waals surface area contributed by atoms with Gasteiger partial charge in [0.1, 0.15) is 17.1 Å². The standard InChI is InChI=1S/C27H24ClFN6O2/c1-14-13-35(15(2)10-30-14)26-21-9-22(28)23(20-8-17(36)7-16-5-3-4-6-19(16)20)24(29)25(21)33-27(34-26)37-18-11-31-32-12-18/h3-9,11-12,14-15,30,36H,10,13H2,1-2H3,(H,31,32)/t14-,15+/m1/s1. The number of anilines is 1. The fourth-order valence-electron chi connectivity index (χ4n) is 4.89. The minimum atomic E-state index is -0.616. The zero-order valence-electron chi connectivity index (χ0n) is 20.2. The van der Waals surface area contributed by atoms with E-state index in [1.807, 2.05) is 24.3 Å². The van der Waals surface area contributed by atoms with Crippen LogP contribution < -0.4 is 15.0 Å². The van der Waals surface area contributed by atoms with Gasteiger partial charge in [0.25, 0.3) is 0 Å². The SMILES string of the molecule is C[C@@H]1CN(c2nc(Oc3cn[nH]c3)nc3c(F)c(-c4cc(O)cc5ccccc45)c(Cl)cc23)[C@@H](C)CN1. The highest BCUT2D eigenvalue weighted by molar-refractivity contribution is 6.35. The molecule has 0 amide bonds. The van der Waals surface area contributed by atoms with Gasteiger partial charge in [-0.2, -0.15) is 15.1 Å². The summed E-state index contributed by atoms with van der Waals surface area (Å²) in [6.07, 6.45) is 3.05. The Morgan fingerprint density at radius 3 is 2.78 bits per heavy atom. The number of nitrogens with one attached hydrogen (secondary N) is 2. The monoisotopic (exact) mass is 518 g/mol. The van der Waals surface area contributed by atoms with E-state index in [9.17, 15) is 5.11 Å². The van der Waals surface area contributed by atoms with Crippen molar-refractivity contribution in [2.24, 2.45) is 0 Å². The molecule has 8 nitrogen and oxygen atoms in total. The molecule has 3 N–H and O–H groups in total. The molecule has 1 fully saturated rings. The number of halogens is 2. The number of aromatic hydroxyl groups is 1. The van der Waals surface area contributed by atoms with Gasteiger partial charge in [0, 0.05) is 36.1 Å². The zero-order valence-corrected chi connectivity index (χ0v) is 20.9. The van der Waals surface area contributed by atoms with Gasteiger partial charge in [-0.05, 0) is 48.4 Å². The summed E-state index contributed by atoms with van der Waals surface area (Å²) >= 11 is 6.77. The number of H-pyrrole nitrogens is 1. The second-order valence-electron chi connectivity index (χ2n) is 9.33. The third kappa shape index (κ3) is 4.20. The predicted molar refractivity (Wildman–Crippen MR) is 142 cm³/mol. The van der Waals surface area contributed by atoms with Crippen LogP contribution in [-0.2, 0) is 0 Å². The molecule has 0 bridgehead atoms. The highest BCUT2D eigenvalue weighted by atomic mass is 35.5. The van der Waals surface area contributed by atoms with E-state index in [1.165, 1.54) is 12.3 Å². The Bertz CT molecular complexity index is 1630. The molecule has 2 aromatic heterocycles. The fraction of sp³-hybridized carbons (Fsp3) is 0.222. The molecule has 37 heavy (non-hydrogen) atoms. The summed E-state index contributed by atoms with van der Waals surface area (Å²) in [5.74, 6) is 0.341. The normalized spacial score (nSPS) is 18.0. The number of hydrogen-bond acceptors (Lipinski definition) is 7. The number of rotatable bonds is 4. The smallest absolute Gasteiger partial charge is 0.324 e. The third-order valence-electron chi connectivity index (χ3n) is 6.68. The molecule has 188 valence electrons. The van der Waals surface area contributed by atoms with Gasteiger partial charge in [-0.3, -0.25) is 5.10 Å². The first kappa shape index (κ1) is 23.4. The number of aromatic amines is 1. The van der Waals surface area contributed by atoms with Gasteiger partial charge in [0.05, 0.1) is 17.4 Å². The number of phenolic OH excluding ortho intramolecular Hbond substituents is 1. The number of nitrogens with zero attached hydrogens (tertiary/aromatic N) is 4. The van der Waals surface area contributed by atoms with Crippen molar-refractivity contribution in [3.8, 4) is 28.6 Å². The first-order valence-corrected chi connectivity index (χ1v) is 12.4. The molecule has 0 unspecified atom stereocenters. The van der Waals surface area contributed by atoms with Crippen LogP contribution in [0.2, 0.25) is 5.02 Å². The Kier molecular flexibility index (Phi) is 5.81. The minimum Gasteiger partial charge on any atom is -0.508 e. The summed E-state index contributed by atoms with van der Waals surface area (Å²) in [6.45, 7) is 5.57. The van der Waals surface area contributed by atoms with Crippen LogP contribution in [0.15, 0.2) is 54.9 Å². The molecule has 0 radical (unpaired) electrons. The molecule has 10 heteroatoms. The first-order valence-electron chi connectivity index (χ1n) is 12.0. The van der Waals surface area contributed by atoms with E-state index in [-0.39, 0.29) is 39.9 Å². The van der Waals surface area contributed by atoms with Gasteiger partial charge in [-0.1, -0.05) is 35.9 Å². The van der Waals surface area contributed by atoms with Gasteiger partial charge in [0.2, 0.25) is 0 Å². The van der Waals surface area contributed by atoms with Crippen LogP contribution in [0.3, 0.4) is 0 Å².